The first kappa shape index (κ1) is 21.2. The van der Waals surface area contributed by atoms with Crippen LogP contribution in [-0.2, 0) is 29.1 Å². The molecule has 166 valence electrons. The molecule has 0 unspecified atom stereocenters. The van der Waals surface area contributed by atoms with E-state index in [1.165, 1.54) is 10.4 Å². The molecule has 3 heterocycles. The highest BCUT2D eigenvalue weighted by Gasteiger charge is 2.34. The van der Waals surface area contributed by atoms with E-state index in [0.29, 0.717) is 23.3 Å². The Labute approximate surface area is 195 Å². The summed E-state index contributed by atoms with van der Waals surface area (Å²) in [7, 11) is 0. The molecule has 32 heavy (non-hydrogen) atoms. The van der Waals surface area contributed by atoms with Gasteiger partial charge in [0.15, 0.2) is 0 Å². The number of carbonyl (C=O) groups is 2. The molecule has 1 aliphatic heterocycles. The maximum atomic E-state index is 12.9. The average molecular weight is 471 g/mol. The molecule has 3 aromatic rings. The van der Waals surface area contributed by atoms with Gasteiger partial charge in [0.05, 0.1) is 6.54 Å². The molecule has 0 spiro atoms. The number of thiophene rings is 1. The molecule has 1 fully saturated rings. The van der Waals surface area contributed by atoms with Gasteiger partial charge in [-0.05, 0) is 60.5 Å². The third-order valence-corrected chi connectivity index (χ3v) is 7.16. The molecule has 7 nitrogen and oxygen atoms in total. The van der Waals surface area contributed by atoms with Gasteiger partial charge < -0.3 is 14.2 Å². The van der Waals surface area contributed by atoms with Crippen molar-refractivity contribution in [2.45, 2.75) is 51.2 Å². The van der Waals surface area contributed by atoms with Crippen LogP contribution in [0.3, 0.4) is 0 Å². The average Bonchev–Trinajstić information content (AvgIpc) is 3.34. The maximum Gasteiger partial charge on any atom is 0.247 e. The number of aromatic nitrogens is 2. The molecule has 1 saturated carbocycles. The number of amides is 2. The smallest absolute Gasteiger partial charge is 0.247 e. The molecule has 2 aromatic heterocycles. The van der Waals surface area contributed by atoms with Crippen molar-refractivity contribution < 1.29 is 14.0 Å². The molecule has 0 N–H and O–H groups in total. The second kappa shape index (κ2) is 9.03. The summed E-state index contributed by atoms with van der Waals surface area (Å²) in [6.07, 6.45) is 3.24. The second-order valence-electron chi connectivity index (χ2n) is 8.19. The minimum absolute atomic E-state index is 0.0359. The molecule has 2 amide bonds. The highest BCUT2D eigenvalue weighted by Crippen LogP contribution is 2.30. The lowest BCUT2D eigenvalue weighted by Crippen LogP contribution is -2.37. The van der Waals surface area contributed by atoms with Crippen LogP contribution in [0.15, 0.2) is 40.1 Å². The third kappa shape index (κ3) is 4.71. The van der Waals surface area contributed by atoms with E-state index in [2.05, 4.69) is 21.6 Å². The van der Waals surface area contributed by atoms with Crippen LogP contribution < -0.4 is 0 Å². The van der Waals surface area contributed by atoms with Gasteiger partial charge in [0.25, 0.3) is 0 Å². The Hall–Kier alpha value is -2.71. The van der Waals surface area contributed by atoms with Crippen molar-refractivity contribution in [3.8, 4) is 11.5 Å². The van der Waals surface area contributed by atoms with Crippen LogP contribution in [0.5, 0.6) is 0 Å². The van der Waals surface area contributed by atoms with Gasteiger partial charge in [-0.1, -0.05) is 11.6 Å². The van der Waals surface area contributed by atoms with Gasteiger partial charge in [-0.25, -0.2) is 0 Å². The molecule has 0 saturated heterocycles. The predicted octanol–water partition coefficient (Wildman–Crippen LogP) is 4.31. The first-order valence-electron chi connectivity index (χ1n) is 10.8. The van der Waals surface area contributed by atoms with E-state index >= 15 is 0 Å². The van der Waals surface area contributed by atoms with Gasteiger partial charge in [-0.2, -0.15) is 0 Å². The zero-order chi connectivity index (χ0) is 22.1. The van der Waals surface area contributed by atoms with E-state index in [-0.39, 0.29) is 37.2 Å². The van der Waals surface area contributed by atoms with E-state index in [4.69, 9.17) is 16.0 Å². The van der Waals surface area contributed by atoms with Gasteiger partial charge in [0.2, 0.25) is 23.6 Å². The van der Waals surface area contributed by atoms with E-state index < -0.39 is 0 Å². The van der Waals surface area contributed by atoms with Crippen molar-refractivity contribution >= 4 is 34.8 Å². The van der Waals surface area contributed by atoms with Crippen LogP contribution in [0, 0.1) is 0 Å². The Morgan fingerprint density at radius 2 is 1.97 bits per heavy atom. The van der Waals surface area contributed by atoms with Crippen LogP contribution in [-0.4, -0.2) is 44.4 Å². The molecule has 1 aliphatic carbocycles. The first-order chi connectivity index (χ1) is 15.6. The number of fused-ring (bicyclic) bond motifs is 1. The van der Waals surface area contributed by atoms with Crippen LogP contribution in [0.4, 0.5) is 0 Å². The zero-order valence-electron chi connectivity index (χ0n) is 17.5. The number of halogens is 1. The van der Waals surface area contributed by atoms with Crippen LogP contribution in [0.2, 0.25) is 5.02 Å². The Balaban J connectivity index is 1.18. The fourth-order valence-electron chi connectivity index (χ4n) is 3.96. The number of nitrogens with zero attached hydrogens (tertiary/aromatic N) is 4. The largest absolute Gasteiger partial charge is 0.419 e. The highest BCUT2D eigenvalue weighted by molar-refractivity contribution is 7.10. The van der Waals surface area contributed by atoms with E-state index in [1.54, 1.807) is 28.4 Å². The van der Waals surface area contributed by atoms with E-state index in [9.17, 15) is 9.59 Å². The minimum atomic E-state index is -0.0414. The molecule has 0 radical (unpaired) electrons. The molecule has 5 rings (SSSR count). The fraction of sp³-hybridized carbons (Fsp3) is 0.391. The Morgan fingerprint density at radius 1 is 1.16 bits per heavy atom. The van der Waals surface area contributed by atoms with Crippen LogP contribution >= 0.6 is 22.9 Å². The van der Waals surface area contributed by atoms with Crippen molar-refractivity contribution in [1.82, 2.24) is 20.0 Å². The Kier molecular flexibility index (Phi) is 5.97. The standard InChI is InChI=1S/C23H23ClN4O3S/c24-17-3-1-15(2-4-17)23-26-25-20(31-23)14-28(18-5-6-18)22(30)8-7-21(29)27-11-9-19-16(13-27)10-12-32-19/h1-4,10,12,18H,5-9,11,13-14H2. The summed E-state index contributed by atoms with van der Waals surface area (Å²) in [5.74, 6) is 0.782. The summed E-state index contributed by atoms with van der Waals surface area (Å²) in [5, 5.41) is 10.9. The van der Waals surface area contributed by atoms with E-state index in [0.717, 1.165) is 31.4 Å². The maximum absolute atomic E-state index is 12.9. The van der Waals surface area contributed by atoms with Gasteiger partial charge in [0.1, 0.15) is 0 Å². The summed E-state index contributed by atoms with van der Waals surface area (Å²) in [5.41, 5.74) is 2.01. The lowest BCUT2D eigenvalue weighted by atomic mass is 10.1. The van der Waals surface area contributed by atoms with Crippen LogP contribution in [0.25, 0.3) is 11.5 Å². The second-order valence-corrected chi connectivity index (χ2v) is 9.63. The predicted molar refractivity (Wildman–Crippen MR) is 121 cm³/mol. The first-order valence-corrected chi connectivity index (χ1v) is 12.0. The number of rotatable bonds is 7. The number of benzene rings is 1. The van der Waals surface area contributed by atoms with E-state index in [1.807, 2.05) is 17.0 Å². The molecule has 9 heteroatoms. The summed E-state index contributed by atoms with van der Waals surface area (Å²) in [6.45, 7) is 1.64. The van der Waals surface area contributed by atoms with Gasteiger partial charge in [-0.3, -0.25) is 9.59 Å². The van der Waals surface area contributed by atoms with Crippen molar-refractivity contribution in [1.29, 1.82) is 0 Å². The van der Waals surface area contributed by atoms with Gasteiger partial charge in [-0.15, -0.1) is 21.5 Å². The van der Waals surface area contributed by atoms with Gasteiger partial charge in [0, 0.05) is 47.4 Å². The molecule has 2 aliphatic rings. The Morgan fingerprint density at radius 3 is 2.75 bits per heavy atom. The summed E-state index contributed by atoms with van der Waals surface area (Å²) in [4.78, 5) is 30.6. The van der Waals surface area contributed by atoms with Crippen LogP contribution in [0.1, 0.15) is 42.0 Å². The lowest BCUT2D eigenvalue weighted by Gasteiger charge is -2.27. The quantitative estimate of drug-likeness (QED) is 0.514. The summed E-state index contributed by atoms with van der Waals surface area (Å²) < 4.78 is 5.78. The van der Waals surface area contributed by atoms with Gasteiger partial charge >= 0.3 is 0 Å². The lowest BCUT2D eigenvalue weighted by molar-refractivity contribution is -0.138. The monoisotopic (exact) mass is 470 g/mol. The van der Waals surface area contributed by atoms with Crippen molar-refractivity contribution in [3.63, 3.8) is 0 Å². The SMILES string of the molecule is O=C(CCC(=O)N(Cc1nnc(-c2ccc(Cl)cc2)o1)C1CC1)N1CCc2sccc2C1. The third-order valence-electron chi connectivity index (χ3n) is 5.88. The fourth-order valence-corrected chi connectivity index (χ4v) is 4.97. The minimum Gasteiger partial charge on any atom is -0.419 e. The number of carbonyl (C=O) groups excluding carboxylic acids is 2. The molecule has 0 bridgehead atoms. The number of hydrogen-bond acceptors (Lipinski definition) is 6. The zero-order valence-corrected chi connectivity index (χ0v) is 19.1. The Bertz CT molecular complexity index is 1120. The number of hydrogen-bond donors (Lipinski definition) is 0. The van der Waals surface area contributed by atoms with Crippen molar-refractivity contribution in [2.75, 3.05) is 6.54 Å². The molecular weight excluding hydrogens is 448 g/mol. The molecule has 1 aromatic carbocycles. The topological polar surface area (TPSA) is 79.5 Å². The van der Waals surface area contributed by atoms with Crippen molar-refractivity contribution in [3.05, 3.63) is 57.1 Å². The highest BCUT2D eigenvalue weighted by atomic mass is 35.5. The summed E-state index contributed by atoms with van der Waals surface area (Å²) >= 11 is 7.68. The normalized spacial score (nSPS) is 15.5. The molecular formula is C23H23ClN4O3S. The van der Waals surface area contributed by atoms with Crippen molar-refractivity contribution in [2.24, 2.45) is 0 Å². The summed E-state index contributed by atoms with van der Waals surface area (Å²) in [6, 6.07) is 9.43. The molecule has 0 atom stereocenters.